The summed E-state index contributed by atoms with van der Waals surface area (Å²) in [5.74, 6) is 0.147. The minimum absolute atomic E-state index is 0.00898. The van der Waals surface area contributed by atoms with Crippen LogP contribution in [0.15, 0.2) is 47.3 Å². The SMILES string of the molecule is CC(C)(C)OC(=O)N1C[C@H]2CC[C@@H]1C[C@H]2CN1CCN(CC(=O)N2CCN(C(=O)c3cc(Cc4n[nH]c(=O)c5ccccc45)ccc3F)CC2)CC1. The molecule has 2 aromatic carbocycles. The zero-order valence-electron chi connectivity index (χ0n) is 30.5. The molecule has 0 radical (unpaired) electrons. The van der Waals surface area contributed by atoms with Gasteiger partial charge in [0, 0.05) is 83.3 Å². The molecule has 13 heteroatoms. The number of hydrogen-bond acceptors (Lipinski definition) is 8. The van der Waals surface area contributed by atoms with E-state index in [1.165, 1.54) is 6.07 Å². The van der Waals surface area contributed by atoms with E-state index in [1.807, 2.05) is 42.7 Å². The van der Waals surface area contributed by atoms with Crippen molar-refractivity contribution >= 4 is 28.7 Å². The van der Waals surface area contributed by atoms with E-state index in [9.17, 15) is 23.6 Å². The number of aromatic nitrogens is 2. The summed E-state index contributed by atoms with van der Waals surface area (Å²) in [5.41, 5.74) is 0.574. The minimum Gasteiger partial charge on any atom is -0.444 e. The molecule has 8 rings (SSSR count). The second-order valence-electron chi connectivity index (χ2n) is 15.9. The fourth-order valence-corrected chi connectivity index (χ4v) is 8.42. The van der Waals surface area contributed by atoms with Gasteiger partial charge in [0.25, 0.3) is 11.5 Å². The van der Waals surface area contributed by atoms with E-state index in [0.717, 1.165) is 58.5 Å². The van der Waals surface area contributed by atoms with Gasteiger partial charge in [-0.25, -0.2) is 14.3 Å². The lowest BCUT2D eigenvalue weighted by molar-refractivity contribution is -0.134. The van der Waals surface area contributed by atoms with Gasteiger partial charge >= 0.3 is 6.09 Å². The molecule has 1 aliphatic carbocycles. The van der Waals surface area contributed by atoms with Crippen LogP contribution < -0.4 is 5.56 Å². The monoisotopic (exact) mass is 715 g/mol. The number of amides is 3. The number of aromatic amines is 1. The van der Waals surface area contributed by atoms with Crippen molar-refractivity contribution in [3.8, 4) is 0 Å². The third-order valence-electron chi connectivity index (χ3n) is 11.3. The van der Waals surface area contributed by atoms with Crippen molar-refractivity contribution in [2.24, 2.45) is 11.8 Å². The maximum absolute atomic E-state index is 15.0. The Morgan fingerprint density at radius 3 is 2.29 bits per heavy atom. The number of ether oxygens (including phenoxy) is 1. The van der Waals surface area contributed by atoms with Gasteiger partial charge in [-0.1, -0.05) is 24.3 Å². The van der Waals surface area contributed by atoms with Crippen LogP contribution in [0.1, 0.15) is 61.6 Å². The van der Waals surface area contributed by atoms with Crippen LogP contribution >= 0.6 is 0 Å². The van der Waals surface area contributed by atoms with Crippen molar-refractivity contribution < 1.29 is 23.5 Å². The van der Waals surface area contributed by atoms with Crippen LogP contribution in [0.3, 0.4) is 0 Å². The Kier molecular flexibility index (Phi) is 10.3. The second-order valence-corrected chi connectivity index (χ2v) is 15.9. The number of nitrogens with zero attached hydrogens (tertiary/aromatic N) is 6. The maximum Gasteiger partial charge on any atom is 0.410 e. The average molecular weight is 716 g/mol. The molecule has 278 valence electrons. The zero-order valence-corrected chi connectivity index (χ0v) is 30.5. The van der Waals surface area contributed by atoms with Gasteiger partial charge in [-0.05, 0) is 75.6 Å². The predicted molar refractivity (Wildman–Crippen MR) is 194 cm³/mol. The number of carbonyl (C=O) groups is 3. The summed E-state index contributed by atoms with van der Waals surface area (Å²) in [5, 5.41) is 7.99. The molecule has 3 amide bonds. The molecule has 0 unspecified atom stereocenters. The molecule has 12 nitrogen and oxygen atoms in total. The molecule has 3 aromatic rings. The van der Waals surface area contributed by atoms with Crippen molar-refractivity contribution in [3.63, 3.8) is 0 Å². The lowest BCUT2D eigenvalue weighted by atomic mass is 9.72. The number of nitrogens with one attached hydrogen (secondary N) is 1. The topological polar surface area (TPSA) is 122 Å². The van der Waals surface area contributed by atoms with E-state index in [1.54, 1.807) is 29.2 Å². The van der Waals surface area contributed by atoms with Crippen LogP contribution in [0.2, 0.25) is 0 Å². The number of halogens is 1. The Labute approximate surface area is 303 Å². The van der Waals surface area contributed by atoms with Crippen LogP contribution in [0, 0.1) is 17.7 Å². The van der Waals surface area contributed by atoms with Crippen LogP contribution in [-0.2, 0) is 16.0 Å². The highest BCUT2D eigenvalue weighted by Crippen LogP contribution is 2.40. The fourth-order valence-electron chi connectivity index (χ4n) is 8.42. The summed E-state index contributed by atoms with van der Waals surface area (Å²) in [4.78, 5) is 61.9. The highest BCUT2D eigenvalue weighted by atomic mass is 19.1. The smallest absolute Gasteiger partial charge is 0.410 e. The summed E-state index contributed by atoms with van der Waals surface area (Å²) in [6.07, 6.45) is 3.39. The summed E-state index contributed by atoms with van der Waals surface area (Å²) < 4.78 is 20.6. The van der Waals surface area contributed by atoms with E-state index in [2.05, 4.69) is 20.0 Å². The summed E-state index contributed by atoms with van der Waals surface area (Å²) in [6.45, 7) is 12.9. The molecule has 3 atom stereocenters. The van der Waals surface area contributed by atoms with Crippen LogP contribution in [0.5, 0.6) is 0 Å². The van der Waals surface area contributed by atoms with Crippen molar-refractivity contribution in [1.29, 1.82) is 0 Å². The molecule has 0 spiro atoms. The van der Waals surface area contributed by atoms with Crippen LogP contribution in [0.25, 0.3) is 10.8 Å². The number of H-pyrrole nitrogens is 1. The molecular formula is C39H50FN7O5. The molecule has 52 heavy (non-hydrogen) atoms. The van der Waals surface area contributed by atoms with Crippen molar-refractivity contribution in [3.05, 3.63) is 75.5 Å². The van der Waals surface area contributed by atoms with E-state index in [0.29, 0.717) is 73.0 Å². The Morgan fingerprint density at radius 1 is 0.904 bits per heavy atom. The summed E-state index contributed by atoms with van der Waals surface area (Å²) in [7, 11) is 0. The molecular weight excluding hydrogens is 665 g/mol. The standard InChI is InChI=1S/C39H50FN7O5/c1-39(2,3)52-38(51)47-24-27-9-10-29(47)22-28(27)23-43-12-14-44(15-13-43)25-35(48)45-16-18-46(19-17-45)37(50)32-20-26(8-11-33(32)40)21-34-30-6-4-5-7-31(30)36(49)42-41-34/h4-8,11,20,27-29H,9-10,12-19,21-25H2,1-3H3,(H,42,49)/t27-,28+,29-/m1/s1. The molecule has 1 saturated carbocycles. The minimum atomic E-state index is -0.593. The van der Waals surface area contributed by atoms with Gasteiger partial charge in [0.15, 0.2) is 0 Å². The first kappa shape index (κ1) is 36.0. The van der Waals surface area contributed by atoms with Crippen molar-refractivity contribution in [2.45, 2.75) is 58.1 Å². The Morgan fingerprint density at radius 2 is 1.60 bits per heavy atom. The predicted octanol–water partition coefficient (Wildman–Crippen LogP) is 3.59. The lowest BCUT2D eigenvalue weighted by Crippen LogP contribution is -2.58. The Bertz CT molecular complexity index is 1860. The molecule has 1 N–H and O–H groups in total. The molecule has 5 fully saturated rings. The summed E-state index contributed by atoms with van der Waals surface area (Å²) >= 11 is 0. The van der Waals surface area contributed by atoms with E-state index in [-0.39, 0.29) is 29.2 Å². The summed E-state index contributed by atoms with van der Waals surface area (Å²) in [6, 6.07) is 11.9. The lowest BCUT2D eigenvalue weighted by Gasteiger charge is -2.50. The number of benzene rings is 2. The average Bonchev–Trinajstić information content (AvgIpc) is 3.14. The number of hydrogen-bond donors (Lipinski definition) is 1. The van der Waals surface area contributed by atoms with E-state index < -0.39 is 17.3 Å². The van der Waals surface area contributed by atoms with Gasteiger partial charge in [-0.15, -0.1) is 0 Å². The molecule has 5 heterocycles. The van der Waals surface area contributed by atoms with Gasteiger partial charge < -0.3 is 24.3 Å². The molecule has 2 bridgehead atoms. The normalized spacial score (nSPS) is 22.9. The highest BCUT2D eigenvalue weighted by molar-refractivity contribution is 5.95. The number of piperidine rings is 2. The molecule has 4 saturated heterocycles. The van der Waals surface area contributed by atoms with Gasteiger partial charge in [0.1, 0.15) is 11.4 Å². The number of rotatable bonds is 7. The first-order chi connectivity index (χ1) is 24.9. The van der Waals surface area contributed by atoms with Gasteiger partial charge in [-0.3, -0.25) is 19.3 Å². The van der Waals surface area contributed by atoms with Gasteiger partial charge in [0.2, 0.25) is 5.91 Å². The van der Waals surface area contributed by atoms with E-state index in [4.69, 9.17) is 4.74 Å². The van der Waals surface area contributed by atoms with Gasteiger partial charge in [0.05, 0.1) is 23.2 Å². The second kappa shape index (κ2) is 14.9. The number of carbonyl (C=O) groups excluding carboxylic acids is 3. The van der Waals surface area contributed by atoms with Crippen LogP contribution in [0.4, 0.5) is 9.18 Å². The van der Waals surface area contributed by atoms with E-state index >= 15 is 0 Å². The quantitative estimate of drug-likeness (QED) is 0.394. The third kappa shape index (κ3) is 8.00. The van der Waals surface area contributed by atoms with Crippen molar-refractivity contribution in [2.75, 3.05) is 72.0 Å². The molecule has 4 aliphatic heterocycles. The first-order valence-corrected chi connectivity index (χ1v) is 18.7. The highest BCUT2D eigenvalue weighted by Gasteiger charge is 2.44. The first-order valence-electron chi connectivity index (χ1n) is 18.7. The van der Waals surface area contributed by atoms with Gasteiger partial charge in [-0.2, -0.15) is 5.10 Å². The largest absolute Gasteiger partial charge is 0.444 e. The fraction of sp³-hybridized carbons (Fsp3) is 0.564. The Hall–Kier alpha value is -4.36. The maximum atomic E-state index is 15.0. The Balaban J connectivity index is 0.859. The molecule has 1 aromatic heterocycles. The third-order valence-corrected chi connectivity index (χ3v) is 11.3. The number of fused-ring (bicyclic) bond motifs is 4. The zero-order chi connectivity index (χ0) is 36.6. The molecule has 5 aliphatic rings. The van der Waals surface area contributed by atoms with Crippen LogP contribution in [-0.4, -0.2) is 136 Å². The van der Waals surface area contributed by atoms with Crippen molar-refractivity contribution in [1.82, 2.24) is 34.7 Å². The number of piperazine rings is 2.